The number of amides is 2. The Kier molecular flexibility index (Phi) is 5.94. The lowest BCUT2D eigenvalue weighted by Crippen LogP contribution is -2.35. The number of nitrogens with zero attached hydrogens (tertiary/aromatic N) is 1. The fourth-order valence-corrected chi connectivity index (χ4v) is 3.57. The van der Waals surface area contributed by atoms with Gasteiger partial charge >= 0.3 is 0 Å². The van der Waals surface area contributed by atoms with Crippen LogP contribution in [0.3, 0.4) is 0 Å². The topological polar surface area (TPSA) is 49.4 Å². The molecule has 1 saturated heterocycles. The normalized spacial score (nSPS) is 14.3. The van der Waals surface area contributed by atoms with Crippen molar-refractivity contribution in [1.29, 1.82) is 0 Å². The first-order valence-electron chi connectivity index (χ1n) is 9.77. The molecule has 4 heteroatoms. The first kappa shape index (κ1) is 19.2. The summed E-state index contributed by atoms with van der Waals surface area (Å²) < 4.78 is 0. The van der Waals surface area contributed by atoms with Gasteiger partial charge in [-0.25, -0.2) is 0 Å². The highest BCUT2D eigenvalue weighted by molar-refractivity contribution is 6.05. The molecule has 0 radical (unpaired) electrons. The lowest BCUT2D eigenvalue weighted by Gasteiger charge is -2.26. The molecule has 0 atom stereocenters. The molecule has 0 spiro atoms. The van der Waals surface area contributed by atoms with Crippen molar-refractivity contribution in [2.24, 2.45) is 0 Å². The minimum absolute atomic E-state index is 0.0580. The van der Waals surface area contributed by atoms with E-state index in [9.17, 15) is 9.59 Å². The van der Waals surface area contributed by atoms with E-state index < -0.39 is 0 Å². The monoisotopic (exact) mass is 364 g/mol. The van der Waals surface area contributed by atoms with E-state index in [2.05, 4.69) is 19.2 Å². The number of nitrogens with one attached hydrogen (secondary N) is 1. The summed E-state index contributed by atoms with van der Waals surface area (Å²) in [5.74, 6) is 0.232. The molecule has 0 bridgehead atoms. The van der Waals surface area contributed by atoms with E-state index in [1.54, 1.807) is 24.3 Å². The Hall–Kier alpha value is -2.62. The zero-order valence-corrected chi connectivity index (χ0v) is 16.4. The van der Waals surface area contributed by atoms with Gasteiger partial charge in [-0.2, -0.15) is 0 Å². The SMILES string of the molecule is Cc1cccc(C(C)C)c1NC(=O)c1ccc(C(=O)N2CCCCC2)cc1. The van der Waals surface area contributed by atoms with Crippen LogP contribution in [0.1, 0.15) is 70.9 Å². The summed E-state index contributed by atoms with van der Waals surface area (Å²) in [4.78, 5) is 27.2. The number of rotatable bonds is 4. The van der Waals surface area contributed by atoms with Crippen molar-refractivity contribution in [2.45, 2.75) is 46.0 Å². The van der Waals surface area contributed by atoms with Gasteiger partial charge in [0.1, 0.15) is 0 Å². The van der Waals surface area contributed by atoms with E-state index >= 15 is 0 Å². The van der Waals surface area contributed by atoms with Crippen LogP contribution >= 0.6 is 0 Å². The highest BCUT2D eigenvalue weighted by Crippen LogP contribution is 2.28. The molecule has 0 aliphatic carbocycles. The Morgan fingerprint density at radius 2 is 1.56 bits per heavy atom. The van der Waals surface area contributed by atoms with Gasteiger partial charge in [0.25, 0.3) is 11.8 Å². The van der Waals surface area contributed by atoms with E-state index in [1.807, 2.05) is 30.0 Å². The molecule has 1 aliphatic rings. The lowest BCUT2D eigenvalue weighted by molar-refractivity contribution is 0.0724. The van der Waals surface area contributed by atoms with Gasteiger partial charge in [0.05, 0.1) is 0 Å². The average molecular weight is 364 g/mol. The second-order valence-electron chi connectivity index (χ2n) is 7.58. The van der Waals surface area contributed by atoms with Crippen molar-refractivity contribution in [3.05, 3.63) is 64.7 Å². The number of likely N-dealkylation sites (tertiary alicyclic amines) is 1. The van der Waals surface area contributed by atoms with E-state index in [1.165, 1.54) is 6.42 Å². The van der Waals surface area contributed by atoms with E-state index in [4.69, 9.17) is 0 Å². The second kappa shape index (κ2) is 8.38. The molecule has 2 aromatic carbocycles. The fraction of sp³-hybridized carbons (Fsp3) is 0.391. The summed E-state index contributed by atoms with van der Waals surface area (Å²) in [7, 11) is 0. The number of benzene rings is 2. The molecule has 27 heavy (non-hydrogen) atoms. The number of anilines is 1. The maximum absolute atomic E-state index is 12.7. The van der Waals surface area contributed by atoms with Crippen molar-refractivity contribution in [1.82, 2.24) is 4.90 Å². The highest BCUT2D eigenvalue weighted by atomic mass is 16.2. The third-order valence-electron chi connectivity index (χ3n) is 5.20. The smallest absolute Gasteiger partial charge is 0.255 e. The summed E-state index contributed by atoms with van der Waals surface area (Å²) in [6.45, 7) is 7.89. The quantitative estimate of drug-likeness (QED) is 0.830. The zero-order valence-electron chi connectivity index (χ0n) is 16.4. The summed E-state index contributed by atoms with van der Waals surface area (Å²) in [5.41, 5.74) is 4.26. The molecule has 1 fully saturated rings. The minimum Gasteiger partial charge on any atom is -0.339 e. The van der Waals surface area contributed by atoms with Gasteiger partial charge in [0, 0.05) is 29.9 Å². The molecule has 2 amide bonds. The first-order valence-corrected chi connectivity index (χ1v) is 9.77. The van der Waals surface area contributed by atoms with Crippen LogP contribution in [0.5, 0.6) is 0 Å². The number of hydrogen-bond acceptors (Lipinski definition) is 2. The fourth-order valence-electron chi connectivity index (χ4n) is 3.57. The zero-order chi connectivity index (χ0) is 19.4. The summed E-state index contributed by atoms with van der Waals surface area (Å²) in [6, 6.07) is 13.1. The predicted molar refractivity (Wildman–Crippen MR) is 109 cm³/mol. The third kappa shape index (κ3) is 4.38. The van der Waals surface area contributed by atoms with Gasteiger partial charge < -0.3 is 10.2 Å². The van der Waals surface area contributed by atoms with E-state index in [0.717, 1.165) is 42.7 Å². The molecule has 1 heterocycles. The van der Waals surface area contributed by atoms with Crippen LogP contribution in [0, 0.1) is 6.92 Å². The maximum Gasteiger partial charge on any atom is 0.255 e. The van der Waals surface area contributed by atoms with Gasteiger partial charge in [-0.1, -0.05) is 32.0 Å². The first-order chi connectivity index (χ1) is 13.0. The molecule has 2 aromatic rings. The number of para-hydroxylation sites is 1. The molecule has 1 N–H and O–H groups in total. The predicted octanol–water partition coefficient (Wildman–Crippen LogP) is 5.00. The summed E-state index contributed by atoms with van der Waals surface area (Å²) in [5, 5.41) is 3.05. The number of hydrogen-bond donors (Lipinski definition) is 1. The Bertz CT molecular complexity index is 819. The molecule has 0 aromatic heterocycles. The van der Waals surface area contributed by atoms with Crippen molar-refractivity contribution in [3.63, 3.8) is 0 Å². The van der Waals surface area contributed by atoms with Gasteiger partial charge in [0.15, 0.2) is 0 Å². The van der Waals surface area contributed by atoms with Crippen LogP contribution < -0.4 is 5.32 Å². The van der Waals surface area contributed by atoms with Crippen LogP contribution in [0.25, 0.3) is 0 Å². The molecule has 1 aliphatic heterocycles. The van der Waals surface area contributed by atoms with Crippen LogP contribution in [0.15, 0.2) is 42.5 Å². The van der Waals surface area contributed by atoms with Gasteiger partial charge in [-0.05, 0) is 67.5 Å². The standard InChI is InChI=1S/C23H28N2O2/c1-16(2)20-9-7-8-17(3)21(20)24-22(26)18-10-12-19(13-11-18)23(27)25-14-5-4-6-15-25/h7-13,16H,4-6,14-15H2,1-3H3,(H,24,26). The summed E-state index contributed by atoms with van der Waals surface area (Å²) >= 11 is 0. The van der Waals surface area contributed by atoms with E-state index in [0.29, 0.717) is 17.0 Å². The molecular weight excluding hydrogens is 336 g/mol. The Morgan fingerprint density at radius 1 is 0.926 bits per heavy atom. The van der Waals surface area contributed by atoms with Crippen LogP contribution in [-0.2, 0) is 0 Å². The molecule has 0 unspecified atom stereocenters. The maximum atomic E-state index is 12.7. The minimum atomic E-state index is -0.150. The van der Waals surface area contributed by atoms with Crippen LogP contribution in [0.4, 0.5) is 5.69 Å². The number of carbonyl (C=O) groups excluding carboxylic acids is 2. The Balaban J connectivity index is 1.74. The van der Waals surface area contributed by atoms with Gasteiger partial charge in [-0.3, -0.25) is 9.59 Å². The van der Waals surface area contributed by atoms with Crippen LogP contribution in [-0.4, -0.2) is 29.8 Å². The van der Waals surface area contributed by atoms with Crippen molar-refractivity contribution in [3.8, 4) is 0 Å². The second-order valence-corrected chi connectivity index (χ2v) is 7.58. The van der Waals surface area contributed by atoms with Crippen molar-refractivity contribution < 1.29 is 9.59 Å². The number of piperidine rings is 1. The Labute approximate surface area is 161 Å². The highest BCUT2D eigenvalue weighted by Gasteiger charge is 2.19. The molecular formula is C23H28N2O2. The van der Waals surface area contributed by atoms with Crippen molar-refractivity contribution >= 4 is 17.5 Å². The van der Waals surface area contributed by atoms with Crippen molar-refractivity contribution in [2.75, 3.05) is 18.4 Å². The molecule has 4 nitrogen and oxygen atoms in total. The number of aryl methyl sites for hydroxylation is 1. The van der Waals surface area contributed by atoms with E-state index in [-0.39, 0.29) is 11.8 Å². The van der Waals surface area contributed by atoms with Gasteiger partial charge in [-0.15, -0.1) is 0 Å². The molecule has 3 rings (SSSR count). The van der Waals surface area contributed by atoms with Gasteiger partial charge in [0.2, 0.25) is 0 Å². The van der Waals surface area contributed by atoms with Crippen LogP contribution in [0.2, 0.25) is 0 Å². The largest absolute Gasteiger partial charge is 0.339 e. The number of carbonyl (C=O) groups is 2. The molecule has 0 saturated carbocycles. The Morgan fingerprint density at radius 3 is 2.19 bits per heavy atom. The molecule has 142 valence electrons. The summed E-state index contributed by atoms with van der Waals surface area (Å²) in [6.07, 6.45) is 3.34. The lowest BCUT2D eigenvalue weighted by atomic mass is 9.98. The third-order valence-corrected chi connectivity index (χ3v) is 5.20. The average Bonchev–Trinajstić information content (AvgIpc) is 2.69.